The summed E-state index contributed by atoms with van der Waals surface area (Å²) in [6, 6.07) is 17.7. The lowest BCUT2D eigenvalue weighted by atomic mass is 9.85. The number of hydrogen-bond donors (Lipinski definition) is 1. The number of hydrogen-bond acceptors (Lipinski definition) is 2. The Morgan fingerprint density at radius 1 is 0.952 bits per heavy atom. The molecule has 106 valence electrons. The lowest BCUT2D eigenvalue weighted by Gasteiger charge is -2.23. The van der Waals surface area contributed by atoms with Crippen LogP contribution in [0.5, 0.6) is 0 Å². The van der Waals surface area contributed by atoms with E-state index in [0.29, 0.717) is 6.42 Å². The lowest BCUT2D eigenvalue weighted by molar-refractivity contribution is -0.115. The number of benzene rings is 2. The normalized spacial score (nSPS) is 18.2. The van der Waals surface area contributed by atoms with Crippen LogP contribution in [0.1, 0.15) is 24.3 Å². The van der Waals surface area contributed by atoms with Crippen molar-refractivity contribution in [2.24, 2.45) is 0 Å². The fraction of sp³-hybridized carbons (Fsp3) is 0.167. The van der Waals surface area contributed by atoms with Gasteiger partial charge in [-0.3, -0.25) is 4.79 Å². The van der Waals surface area contributed by atoms with Crippen LogP contribution in [-0.4, -0.2) is 5.78 Å². The Balaban J connectivity index is 1.77. The van der Waals surface area contributed by atoms with Gasteiger partial charge in [-0.15, -0.1) is 0 Å². The average molecular weight is 298 g/mol. The fourth-order valence-corrected chi connectivity index (χ4v) is 2.78. The van der Waals surface area contributed by atoms with Gasteiger partial charge >= 0.3 is 0 Å². The molecule has 21 heavy (non-hydrogen) atoms. The monoisotopic (exact) mass is 297 g/mol. The number of carbonyl (C=O) groups excluding carboxylic acids is 1. The van der Waals surface area contributed by atoms with Gasteiger partial charge in [0.25, 0.3) is 0 Å². The van der Waals surface area contributed by atoms with E-state index in [1.54, 1.807) is 6.08 Å². The molecule has 0 bridgehead atoms. The maximum atomic E-state index is 12.0. The Bertz CT molecular complexity index is 661. The summed E-state index contributed by atoms with van der Waals surface area (Å²) in [6.45, 7) is 0. The molecule has 0 saturated carbocycles. The maximum Gasteiger partial charge on any atom is 0.158 e. The zero-order valence-corrected chi connectivity index (χ0v) is 12.3. The number of para-hydroxylation sites is 1. The third-order valence-corrected chi connectivity index (χ3v) is 3.92. The van der Waals surface area contributed by atoms with Crippen LogP contribution >= 0.6 is 11.6 Å². The van der Waals surface area contributed by atoms with Crippen molar-refractivity contribution in [1.82, 2.24) is 0 Å². The van der Waals surface area contributed by atoms with E-state index in [1.165, 1.54) is 0 Å². The minimum absolute atomic E-state index is 0.166. The van der Waals surface area contributed by atoms with Gasteiger partial charge in [-0.1, -0.05) is 41.9 Å². The van der Waals surface area contributed by atoms with Gasteiger partial charge in [-0.2, -0.15) is 0 Å². The van der Waals surface area contributed by atoms with E-state index in [-0.39, 0.29) is 11.7 Å². The number of rotatable bonds is 3. The van der Waals surface area contributed by atoms with Gasteiger partial charge in [0.1, 0.15) is 0 Å². The molecular weight excluding hydrogens is 282 g/mol. The molecule has 2 aromatic carbocycles. The molecule has 0 saturated heterocycles. The first-order valence-corrected chi connectivity index (χ1v) is 7.39. The summed E-state index contributed by atoms with van der Waals surface area (Å²) in [5, 5.41) is 4.06. The topological polar surface area (TPSA) is 29.1 Å². The highest BCUT2D eigenvalue weighted by Crippen LogP contribution is 2.32. The van der Waals surface area contributed by atoms with Crippen molar-refractivity contribution in [3.63, 3.8) is 0 Å². The van der Waals surface area contributed by atoms with Crippen molar-refractivity contribution in [3.8, 4) is 0 Å². The largest absolute Gasteiger partial charge is 0.359 e. The third kappa shape index (κ3) is 3.53. The van der Waals surface area contributed by atoms with E-state index in [4.69, 9.17) is 11.6 Å². The standard InChI is InChI=1S/C18H16ClNO/c19-15-8-6-13(7-9-15)14-10-17(12-18(21)11-14)20-16-4-2-1-3-5-16/h1-9,12,14,20H,10-11H2/t14-/m1/s1. The van der Waals surface area contributed by atoms with Crippen LogP contribution in [0.4, 0.5) is 5.69 Å². The highest BCUT2D eigenvalue weighted by Gasteiger charge is 2.22. The number of ketones is 1. The molecule has 1 atom stereocenters. The summed E-state index contributed by atoms with van der Waals surface area (Å²) in [6.07, 6.45) is 3.11. The first-order chi connectivity index (χ1) is 10.2. The molecule has 0 fully saturated rings. The Morgan fingerprint density at radius 3 is 2.38 bits per heavy atom. The van der Waals surface area contributed by atoms with Gasteiger partial charge < -0.3 is 5.32 Å². The molecule has 2 nitrogen and oxygen atoms in total. The number of anilines is 1. The molecule has 3 heteroatoms. The zero-order chi connectivity index (χ0) is 14.7. The molecule has 0 amide bonds. The number of halogens is 1. The second-order valence-corrected chi connectivity index (χ2v) is 5.72. The van der Waals surface area contributed by atoms with E-state index in [1.807, 2.05) is 54.6 Å². The van der Waals surface area contributed by atoms with Crippen LogP contribution in [0.2, 0.25) is 5.02 Å². The molecule has 0 spiro atoms. The van der Waals surface area contributed by atoms with Crippen LogP contribution in [0.15, 0.2) is 66.4 Å². The minimum Gasteiger partial charge on any atom is -0.359 e. The second kappa shape index (κ2) is 6.15. The average Bonchev–Trinajstić information content (AvgIpc) is 2.48. The summed E-state index contributed by atoms with van der Waals surface area (Å²) in [7, 11) is 0. The van der Waals surface area contributed by atoms with Crippen molar-refractivity contribution in [3.05, 3.63) is 77.0 Å². The molecule has 0 radical (unpaired) electrons. The molecule has 1 aliphatic rings. The first-order valence-electron chi connectivity index (χ1n) is 7.01. The number of carbonyl (C=O) groups is 1. The third-order valence-electron chi connectivity index (χ3n) is 3.67. The summed E-state index contributed by atoms with van der Waals surface area (Å²) in [4.78, 5) is 12.0. The number of allylic oxidation sites excluding steroid dienone is 2. The fourth-order valence-electron chi connectivity index (χ4n) is 2.66. The Labute approximate surface area is 129 Å². The molecule has 3 rings (SSSR count). The van der Waals surface area contributed by atoms with Crippen molar-refractivity contribution in [2.75, 3.05) is 5.32 Å². The molecule has 0 aliphatic heterocycles. The smallest absolute Gasteiger partial charge is 0.158 e. The van der Waals surface area contributed by atoms with Gasteiger partial charge in [-0.25, -0.2) is 0 Å². The van der Waals surface area contributed by atoms with E-state index < -0.39 is 0 Å². The molecule has 1 N–H and O–H groups in total. The summed E-state index contributed by atoms with van der Waals surface area (Å²) >= 11 is 5.92. The van der Waals surface area contributed by atoms with Crippen molar-refractivity contribution >= 4 is 23.1 Å². The second-order valence-electron chi connectivity index (χ2n) is 5.28. The highest BCUT2D eigenvalue weighted by atomic mass is 35.5. The van der Waals surface area contributed by atoms with Crippen molar-refractivity contribution in [2.45, 2.75) is 18.8 Å². The van der Waals surface area contributed by atoms with Crippen LogP contribution in [0.25, 0.3) is 0 Å². The van der Waals surface area contributed by atoms with Crippen LogP contribution in [-0.2, 0) is 4.79 Å². The van der Waals surface area contributed by atoms with Crippen LogP contribution in [0.3, 0.4) is 0 Å². The molecule has 1 aliphatic carbocycles. The first kappa shape index (κ1) is 13.9. The quantitative estimate of drug-likeness (QED) is 0.883. The van der Waals surface area contributed by atoms with E-state index in [9.17, 15) is 4.79 Å². The molecule has 0 aromatic heterocycles. The summed E-state index contributed by atoms with van der Waals surface area (Å²) in [5.41, 5.74) is 3.14. The highest BCUT2D eigenvalue weighted by molar-refractivity contribution is 6.30. The molecule has 0 heterocycles. The Kier molecular flexibility index (Phi) is 4.07. The van der Waals surface area contributed by atoms with Gasteiger partial charge in [0.15, 0.2) is 5.78 Å². The van der Waals surface area contributed by atoms with Gasteiger partial charge in [0.2, 0.25) is 0 Å². The number of nitrogens with one attached hydrogen (secondary N) is 1. The predicted molar refractivity (Wildman–Crippen MR) is 86.6 cm³/mol. The summed E-state index contributed by atoms with van der Waals surface area (Å²) in [5.74, 6) is 0.380. The Morgan fingerprint density at radius 2 is 1.67 bits per heavy atom. The van der Waals surface area contributed by atoms with Crippen LogP contribution in [0, 0.1) is 0 Å². The van der Waals surface area contributed by atoms with E-state index in [2.05, 4.69) is 5.32 Å². The van der Waals surface area contributed by atoms with E-state index in [0.717, 1.165) is 28.4 Å². The Hall–Kier alpha value is -2.06. The van der Waals surface area contributed by atoms with Crippen molar-refractivity contribution in [1.29, 1.82) is 0 Å². The van der Waals surface area contributed by atoms with Gasteiger partial charge in [-0.05, 0) is 42.2 Å². The molecule has 2 aromatic rings. The minimum atomic E-state index is 0.166. The van der Waals surface area contributed by atoms with Gasteiger partial charge in [0, 0.05) is 28.9 Å². The summed E-state index contributed by atoms with van der Waals surface area (Å²) < 4.78 is 0. The molecular formula is C18H16ClNO. The van der Waals surface area contributed by atoms with Crippen molar-refractivity contribution < 1.29 is 4.79 Å². The zero-order valence-electron chi connectivity index (χ0n) is 11.6. The molecule has 0 unspecified atom stereocenters. The van der Waals surface area contributed by atoms with Crippen LogP contribution < -0.4 is 5.32 Å². The SMILES string of the molecule is O=C1C=C(Nc2ccccc2)C[C@@H](c2ccc(Cl)cc2)C1. The van der Waals surface area contributed by atoms with Gasteiger partial charge in [0.05, 0.1) is 0 Å². The predicted octanol–water partition coefficient (Wildman–Crippen LogP) is 4.78. The lowest BCUT2D eigenvalue weighted by Crippen LogP contribution is -2.16. The van der Waals surface area contributed by atoms with E-state index >= 15 is 0 Å². The maximum absolute atomic E-state index is 12.0.